The summed E-state index contributed by atoms with van der Waals surface area (Å²) in [5, 5.41) is 1.55. The van der Waals surface area contributed by atoms with Crippen LogP contribution in [0.4, 0.5) is 0 Å². The maximum Gasteiger partial charge on any atom is 0.171 e. The second kappa shape index (κ2) is 4.54. The van der Waals surface area contributed by atoms with Crippen LogP contribution in [-0.2, 0) is 0 Å². The van der Waals surface area contributed by atoms with Crippen molar-refractivity contribution in [2.75, 3.05) is 0 Å². The molecule has 0 aliphatic heterocycles. The molecule has 0 atom stereocenters. The molecule has 4 aromatic rings. The summed E-state index contributed by atoms with van der Waals surface area (Å²) in [6.45, 7) is 0. The third-order valence-corrected chi connectivity index (χ3v) is 4.14. The van der Waals surface area contributed by atoms with Crippen LogP contribution in [0.3, 0.4) is 0 Å². The Balaban J connectivity index is 1.72. The fourth-order valence-corrected chi connectivity index (χ4v) is 3.11. The molecule has 0 saturated heterocycles. The van der Waals surface area contributed by atoms with Gasteiger partial charge in [0, 0.05) is 9.92 Å². The first-order valence-corrected chi connectivity index (χ1v) is 7.24. The second-order valence-electron chi connectivity index (χ2n) is 4.39. The van der Waals surface area contributed by atoms with Gasteiger partial charge in [0.1, 0.15) is 0 Å². The smallest absolute Gasteiger partial charge is 0.171 e. The number of hydrogen-bond acceptors (Lipinski definition) is 3. The summed E-state index contributed by atoms with van der Waals surface area (Å²) in [4.78, 5) is 16.2. The Hall–Kier alpha value is -1.98. The molecule has 0 fully saturated rings. The molecule has 0 radical (unpaired) electrons. The van der Waals surface area contributed by atoms with E-state index in [-0.39, 0.29) is 0 Å². The summed E-state index contributed by atoms with van der Waals surface area (Å²) in [6.07, 6.45) is 1.70. The van der Waals surface area contributed by atoms with E-state index in [1.807, 2.05) is 30.3 Å². The summed E-state index contributed by atoms with van der Waals surface area (Å²) in [7, 11) is 0. The fourth-order valence-electron chi connectivity index (χ4n) is 2.10. The number of nitrogens with zero attached hydrogens (tertiary/aromatic N) is 2. The molecule has 2 aromatic heterocycles. The Morgan fingerprint density at radius 2 is 1.90 bits per heavy atom. The molecule has 0 aliphatic rings. The molecule has 2 heterocycles. The van der Waals surface area contributed by atoms with Gasteiger partial charge >= 0.3 is 0 Å². The van der Waals surface area contributed by atoms with E-state index in [4.69, 9.17) is 11.6 Å². The van der Waals surface area contributed by atoms with Gasteiger partial charge in [0.25, 0.3) is 0 Å². The van der Waals surface area contributed by atoms with Gasteiger partial charge in [0.15, 0.2) is 5.16 Å². The first kappa shape index (κ1) is 11.8. The van der Waals surface area contributed by atoms with Crippen molar-refractivity contribution >= 4 is 45.4 Å². The second-order valence-corrected chi connectivity index (χ2v) is 5.89. The van der Waals surface area contributed by atoms with E-state index >= 15 is 0 Å². The van der Waals surface area contributed by atoms with Crippen LogP contribution >= 0.6 is 23.4 Å². The molecule has 98 valence electrons. The molecule has 0 unspecified atom stereocenters. The summed E-state index contributed by atoms with van der Waals surface area (Å²) >= 11 is 7.56. The van der Waals surface area contributed by atoms with Crippen molar-refractivity contribution in [3.05, 3.63) is 47.7 Å². The van der Waals surface area contributed by atoms with Crippen LogP contribution in [0.25, 0.3) is 22.1 Å². The number of hydrogen-bond donors (Lipinski definition) is 2. The molecule has 2 aromatic carbocycles. The van der Waals surface area contributed by atoms with Crippen LogP contribution in [0.1, 0.15) is 0 Å². The normalized spacial score (nSPS) is 11.4. The summed E-state index contributed by atoms with van der Waals surface area (Å²) < 4.78 is 0. The lowest BCUT2D eigenvalue weighted by Crippen LogP contribution is -1.77. The molecule has 20 heavy (non-hydrogen) atoms. The monoisotopic (exact) mass is 300 g/mol. The number of benzene rings is 2. The van der Waals surface area contributed by atoms with E-state index in [0.29, 0.717) is 5.02 Å². The van der Waals surface area contributed by atoms with E-state index < -0.39 is 0 Å². The zero-order valence-electron chi connectivity index (χ0n) is 10.2. The van der Waals surface area contributed by atoms with Crippen molar-refractivity contribution in [3.8, 4) is 0 Å². The van der Waals surface area contributed by atoms with Crippen molar-refractivity contribution in [2.45, 2.75) is 10.1 Å². The number of aromatic nitrogens is 4. The van der Waals surface area contributed by atoms with Gasteiger partial charge in [-0.05, 0) is 36.4 Å². The zero-order valence-corrected chi connectivity index (χ0v) is 11.8. The fraction of sp³-hybridized carbons (Fsp3) is 0. The quantitative estimate of drug-likeness (QED) is 0.582. The Kier molecular flexibility index (Phi) is 2.68. The lowest BCUT2D eigenvalue weighted by molar-refractivity contribution is 1.08. The minimum atomic E-state index is 0.705. The van der Waals surface area contributed by atoms with E-state index in [1.165, 1.54) is 0 Å². The van der Waals surface area contributed by atoms with Gasteiger partial charge in [-0.2, -0.15) is 0 Å². The topological polar surface area (TPSA) is 57.4 Å². The van der Waals surface area contributed by atoms with Crippen LogP contribution < -0.4 is 0 Å². The average Bonchev–Trinajstić information content (AvgIpc) is 3.03. The molecular formula is C14H9ClN4S. The highest BCUT2D eigenvalue weighted by molar-refractivity contribution is 7.99. The highest BCUT2D eigenvalue weighted by atomic mass is 35.5. The predicted molar refractivity (Wildman–Crippen MR) is 81.3 cm³/mol. The Labute approximate surface area is 123 Å². The molecule has 4 nitrogen and oxygen atoms in total. The molecule has 0 spiro atoms. The molecule has 0 aliphatic carbocycles. The van der Waals surface area contributed by atoms with Crippen LogP contribution in [0.5, 0.6) is 0 Å². The van der Waals surface area contributed by atoms with Crippen molar-refractivity contribution in [2.24, 2.45) is 0 Å². The third kappa shape index (κ3) is 2.05. The molecule has 0 saturated carbocycles. The van der Waals surface area contributed by atoms with Crippen LogP contribution in [0, 0.1) is 0 Å². The standard InChI is InChI=1S/C14H9ClN4S/c15-8-1-3-11-13(5-8)19-14(18-11)20-9-2-4-10-12(6-9)17-7-16-10/h1-7H,(H,16,17)(H,18,19). The third-order valence-electron chi connectivity index (χ3n) is 3.03. The van der Waals surface area contributed by atoms with Gasteiger partial charge in [-0.3, -0.25) is 0 Å². The van der Waals surface area contributed by atoms with Crippen molar-refractivity contribution in [1.82, 2.24) is 19.9 Å². The number of imidazole rings is 2. The summed E-state index contributed by atoms with van der Waals surface area (Å²) in [5.74, 6) is 0. The van der Waals surface area contributed by atoms with E-state index in [0.717, 1.165) is 32.1 Å². The first-order valence-electron chi connectivity index (χ1n) is 6.04. The Morgan fingerprint density at radius 3 is 2.85 bits per heavy atom. The molecule has 2 N–H and O–H groups in total. The SMILES string of the molecule is Clc1ccc2nc(Sc3ccc4nc[nH]c4c3)[nH]c2c1. The number of fused-ring (bicyclic) bond motifs is 2. The lowest BCUT2D eigenvalue weighted by atomic mass is 10.3. The summed E-state index contributed by atoms with van der Waals surface area (Å²) in [5.41, 5.74) is 3.85. The highest BCUT2D eigenvalue weighted by Gasteiger charge is 2.06. The van der Waals surface area contributed by atoms with Crippen LogP contribution in [0.2, 0.25) is 5.02 Å². The van der Waals surface area contributed by atoms with E-state index in [2.05, 4.69) is 26.0 Å². The lowest BCUT2D eigenvalue weighted by Gasteiger charge is -1.97. The van der Waals surface area contributed by atoms with Gasteiger partial charge in [0.2, 0.25) is 0 Å². The Bertz CT molecular complexity index is 912. The van der Waals surface area contributed by atoms with Crippen molar-refractivity contribution in [3.63, 3.8) is 0 Å². The van der Waals surface area contributed by atoms with Crippen molar-refractivity contribution < 1.29 is 0 Å². The van der Waals surface area contributed by atoms with Gasteiger partial charge in [-0.25, -0.2) is 9.97 Å². The molecular weight excluding hydrogens is 292 g/mol. The number of halogens is 1. The molecule has 0 bridgehead atoms. The van der Waals surface area contributed by atoms with Gasteiger partial charge in [-0.1, -0.05) is 23.4 Å². The van der Waals surface area contributed by atoms with E-state index in [9.17, 15) is 0 Å². The summed E-state index contributed by atoms with van der Waals surface area (Å²) in [6, 6.07) is 11.7. The van der Waals surface area contributed by atoms with Gasteiger partial charge in [-0.15, -0.1) is 0 Å². The average molecular weight is 301 g/mol. The van der Waals surface area contributed by atoms with Crippen LogP contribution in [0.15, 0.2) is 52.8 Å². The van der Waals surface area contributed by atoms with Gasteiger partial charge < -0.3 is 9.97 Å². The number of H-pyrrole nitrogens is 2. The van der Waals surface area contributed by atoms with Gasteiger partial charge in [0.05, 0.1) is 28.4 Å². The minimum Gasteiger partial charge on any atom is -0.345 e. The number of rotatable bonds is 2. The molecule has 4 rings (SSSR count). The largest absolute Gasteiger partial charge is 0.345 e. The Morgan fingerprint density at radius 1 is 1.00 bits per heavy atom. The molecule has 6 heteroatoms. The molecule has 0 amide bonds. The maximum absolute atomic E-state index is 5.98. The number of nitrogens with one attached hydrogen (secondary N) is 2. The van der Waals surface area contributed by atoms with E-state index in [1.54, 1.807) is 18.1 Å². The predicted octanol–water partition coefficient (Wildman–Crippen LogP) is 4.24. The van der Waals surface area contributed by atoms with Crippen LogP contribution in [-0.4, -0.2) is 19.9 Å². The maximum atomic E-state index is 5.98. The minimum absolute atomic E-state index is 0.705. The first-order chi connectivity index (χ1) is 9.78. The highest BCUT2D eigenvalue weighted by Crippen LogP contribution is 2.29. The van der Waals surface area contributed by atoms with Crippen molar-refractivity contribution in [1.29, 1.82) is 0 Å². The zero-order chi connectivity index (χ0) is 13.5. The number of aromatic amines is 2.